The highest BCUT2D eigenvalue weighted by Gasteiger charge is 2.24. The van der Waals surface area contributed by atoms with Crippen molar-refractivity contribution >= 4 is 34.8 Å². The molecule has 1 fully saturated rings. The van der Waals surface area contributed by atoms with Crippen molar-refractivity contribution in [2.45, 2.75) is 6.42 Å². The lowest BCUT2D eigenvalue weighted by Gasteiger charge is -2.20. The molecule has 0 unspecified atom stereocenters. The van der Waals surface area contributed by atoms with Gasteiger partial charge in [0.05, 0.1) is 20.5 Å². The van der Waals surface area contributed by atoms with E-state index in [1.54, 1.807) is 4.90 Å². The maximum absolute atomic E-state index is 12.4. The first-order valence-corrected chi connectivity index (χ1v) is 6.89. The number of halogens is 2. The topological polar surface area (TPSA) is 75.5 Å². The van der Waals surface area contributed by atoms with Crippen LogP contribution in [-0.2, 0) is 0 Å². The van der Waals surface area contributed by atoms with Gasteiger partial charge in [-0.15, -0.1) is 0 Å². The van der Waals surface area contributed by atoms with E-state index >= 15 is 0 Å². The van der Waals surface area contributed by atoms with Crippen LogP contribution in [0.2, 0.25) is 10.0 Å². The van der Waals surface area contributed by atoms with Gasteiger partial charge in [0, 0.05) is 31.8 Å². The Hall–Kier alpha value is -1.37. The van der Waals surface area contributed by atoms with Crippen LogP contribution in [0.25, 0.3) is 0 Å². The average Bonchev–Trinajstić information content (AvgIpc) is 2.69. The average molecular weight is 318 g/mol. The van der Waals surface area contributed by atoms with Gasteiger partial charge in [0.25, 0.3) is 11.6 Å². The fourth-order valence-corrected chi connectivity index (χ4v) is 2.46. The first-order valence-electron chi connectivity index (χ1n) is 6.14. The van der Waals surface area contributed by atoms with Crippen molar-refractivity contribution in [1.29, 1.82) is 0 Å². The van der Waals surface area contributed by atoms with Crippen LogP contribution in [-0.4, -0.2) is 41.9 Å². The van der Waals surface area contributed by atoms with Gasteiger partial charge in [-0.05, 0) is 13.0 Å². The van der Waals surface area contributed by atoms with E-state index in [9.17, 15) is 14.9 Å². The van der Waals surface area contributed by atoms with Gasteiger partial charge in [-0.25, -0.2) is 0 Å². The first-order chi connectivity index (χ1) is 9.50. The fourth-order valence-electron chi connectivity index (χ4n) is 2.05. The van der Waals surface area contributed by atoms with Crippen LogP contribution in [0.3, 0.4) is 0 Å². The quantitative estimate of drug-likeness (QED) is 0.671. The molecule has 20 heavy (non-hydrogen) atoms. The van der Waals surface area contributed by atoms with Crippen LogP contribution in [0.5, 0.6) is 0 Å². The summed E-state index contributed by atoms with van der Waals surface area (Å²) in [6, 6.07) is 2.32. The summed E-state index contributed by atoms with van der Waals surface area (Å²) in [6.07, 6.45) is 0.825. The van der Waals surface area contributed by atoms with Crippen LogP contribution in [0, 0.1) is 10.1 Å². The van der Waals surface area contributed by atoms with E-state index in [2.05, 4.69) is 5.32 Å². The van der Waals surface area contributed by atoms with E-state index in [0.717, 1.165) is 19.0 Å². The van der Waals surface area contributed by atoms with E-state index in [-0.39, 0.29) is 27.2 Å². The normalized spacial score (nSPS) is 15.8. The van der Waals surface area contributed by atoms with E-state index < -0.39 is 4.92 Å². The molecule has 1 N–H and O–H groups in total. The molecule has 1 aliphatic rings. The molecule has 0 aromatic heterocycles. The second-order valence-corrected chi connectivity index (χ2v) is 5.23. The van der Waals surface area contributed by atoms with Crippen molar-refractivity contribution in [3.05, 3.63) is 37.9 Å². The van der Waals surface area contributed by atoms with Crippen LogP contribution in [0.1, 0.15) is 16.8 Å². The minimum Gasteiger partial charge on any atom is -0.337 e. The lowest BCUT2D eigenvalue weighted by atomic mass is 10.1. The molecule has 0 bridgehead atoms. The minimum absolute atomic E-state index is 0.0113. The summed E-state index contributed by atoms with van der Waals surface area (Å²) in [7, 11) is 0. The number of carbonyl (C=O) groups excluding carboxylic acids is 1. The van der Waals surface area contributed by atoms with Crippen molar-refractivity contribution in [2.24, 2.45) is 0 Å². The SMILES string of the molecule is O=C(c1cc([N+](=O)[O-])cc(Cl)c1Cl)N1CCCNCC1. The van der Waals surface area contributed by atoms with Crippen LogP contribution < -0.4 is 5.32 Å². The molecule has 0 saturated carbocycles. The fraction of sp³-hybridized carbons (Fsp3) is 0.417. The van der Waals surface area contributed by atoms with E-state index in [1.807, 2.05) is 0 Å². The monoisotopic (exact) mass is 317 g/mol. The van der Waals surface area contributed by atoms with Crippen LogP contribution >= 0.6 is 23.2 Å². The number of nitrogens with one attached hydrogen (secondary N) is 1. The van der Waals surface area contributed by atoms with Crippen molar-refractivity contribution in [3.63, 3.8) is 0 Å². The van der Waals surface area contributed by atoms with Gasteiger partial charge in [0.15, 0.2) is 0 Å². The molecule has 6 nitrogen and oxygen atoms in total. The summed E-state index contributed by atoms with van der Waals surface area (Å²) in [5, 5.41) is 14.1. The maximum atomic E-state index is 12.4. The van der Waals surface area contributed by atoms with Crippen LogP contribution in [0.4, 0.5) is 5.69 Å². The lowest BCUT2D eigenvalue weighted by Crippen LogP contribution is -2.34. The van der Waals surface area contributed by atoms with Gasteiger partial charge >= 0.3 is 0 Å². The number of nitro groups is 1. The molecule has 1 heterocycles. The third-order valence-corrected chi connectivity index (χ3v) is 3.88. The predicted molar refractivity (Wildman–Crippen MR) is 76.5 cm³/mol. The van der Waals surface area contributed by atoms with Crippen molar-refractivity contribution in [2.75, 3.05) is 26.2 Å². The molecule has 0 spiro atoms. The maximum Gasteiger partial charge on any atom is 0.271 e. The Morgan fingerprint density at radius 3 is 2.75 bits per heavy atom. The minimum atomic E-state index is -0.594. The lowest BCUT2D eigenvalue weighted by molar-refractivity contribution is -0.384. The molecule has 2 rings (SSSR count). The molecule has 0 atom stereocenters. The Kier molecular flexibility index (Phi) is 4.80. The van der Waals surface area contributed by atoms with Gasteiger partial charge < -0.3 is 10.2 Å². The standard InChI is InChI=1S/C12H13Cl2N3O3/c13-10-7-8(17(19)20)6-9(11(10)14)12(18)16-4-1-2-15-3-5-16/h6-7,15H,1-5H2. The van der Waals surface area contributed by atoms with Crippen molar-refractivity contribution in [3.8, 4) is 0 Å². The van der Waals surface area contributed by atoms with Gasteiger partial charge in [-0.1, -0.05) is 23.2 Å². The summed E-state index contributed by atoms with van der Waals surface area (Å²) < 4.78 is 0. The Bertz CT molecular complexity index is 543. The van der Waals surface area contributed by atoms with E-state index in [1.165, 1.54) is 6.07 Å². The van der Waals surface area contributed by atoms with Crippen molar-refractivity contribution in [1.82, 2.24) is 10.2 Å². The zero-order chi connectivity index (χ0) is 14.7. The molecular formula is C12H13Cl2N3O3. The van der Waals surface area contributed by atoms with Gasteiger partial charge in [-0.3, -0.25) is 14.9 Å². The van der Waals surface area contributed by atoms with Gasteiger partial charge in [0.1, 0.15) is 0 Å². The number of nitrogens with zero attached hydrogens (tertiary/aromatic N) is 2. The number of benzene rings is 1. The summed E-state index contributed by atoms with van der Waals surface area (Å²) in [6.45, 7) is 2.65. The van der Waals surface area contributed by atoms with Crippen LogP contribution in [0.15, 0.2) is 12.1 Å². The number of hydrogen-bond donors (Lipinski definition) is 1. The molecule has 1 amide bonds. The third-order valence-electron chi connectivity index (χ3n) is 3.08. The van der Waals surface area contributed by atoms with Gasteiger partial charge in [-0.2, -0.15) is 0 Å². The summed E-state index contributed by atoms with van der Waals surface area (Å²) in [5.41, 5.74) is -0.163. The first kappa shape index (κ1) is 15.0. The van der Waals surface area contributed by atoms with E-state index in [4.69, 9.17) is 23.2 Å². The molecule has 108 valence electrons. The van der Waals surface area contributed by atoms with Crippen molar-refractivity contribution < 1.29 is 9.72 Å². The third kappa shape index (κ3) is 3.20. The Labute approximate surface area is 125 Å². The predicted octanol–water partition coefficient (Wildman–Crippen LogP) is 2.34. The molecular weight excluding hydrogens is 305 g/mol. The number of hydrogen-bond acceptors (Lipinski definition) is 4. The Morgan fingerprint density at radius 1 is 1.30 bits per heavy atom. The molecule has 0 aliphatic carbocycles. The number of rotatable bonds is 2. The Balaban J connectivity index is 2.35. The molecule has 0 radical (unpaired) electrons. The second-order valence-electron chi connectivity index (χ2n) is 4.44. The smallest absolute Gasteiger partial charge is 0.271 e. The number of carbonyl (C=O) groups is 1. The molecule has 1 aromatic rings. The summed E-state index contributed by atoms with van der Waals surface area (Å²) >= 11 is 11.9. The molecule has 1 aromatic carbocycles. The molecule has 1 saturated heterocycles. The zero-order valence-corrected chi connectivity index (χ0v) is 12.1. The molecule has 8 heteroatoms. The number of non-ortho nitro benzene ring substituents is 1. The summed E-state index contributed by atoms with van der Waals surface area (Å²) in [5.74, 6) is -0.329. The zero-order valence-electron chi connectivity index (χ0n) is 10.6. The molecule has 1 aliphatic heterocycles. The summed E-state index contributed by atoms with van der Waals surface area (Å²) in [4.78, 5) is 24.3. The highest BCUT2D eigenvalue weighted by molar-refractivity contribution is 6.44. The highest BCUT2D eigenvalue weighted by Crippen LogP contribution is 2.31. The highest BCUT2D eigenvalue weighted by atomic mass is 35.5. The number of nitro benzene ring substituents is 1. The second kappa shape index (κ2) is 6.39. The number of amides is 1. The largest absolute Gasteiger partial charge is 0.337 e. The van der Waals surface area contributed by atoms with Gasteiger partial charge in [0.2, 0.25) is 0 Å². The Morgan fingerprint density at radius 2 is 2.05 bits per heavy atom. The van der Waals surface area contributed by atoms with E-state index in [0.29, 0.717) is 19.6 Å².